The third-order valence-corrected chi connectivity index (χ3v) is 6.06. The summed E-state index contributed by atoms with van der Waals surface area (Å²) in [6, 6.07) is 11.2. The molecule has 1 aliphatic rings. The first-order valence-corrected chi connectivity index (χ1v) is 7.47. The van der Waals surface area contributed by atoms with Crippen LogP contribution in [0, 0.1) is 13.0 Å². The van der Waals surface area contributed by atoms with Gasteiger partial charge in [-0.1, -0.05) is 17.7 Å². The predicted molar refractivity (Wildman–Crippen MR) is 58.1 cm³/mol. The van der Waals surface area contributed by atoms with Crippen molar-refractivity contribution < 1.29 is 25.6 Å². The van der Waals surface area contributed by atoms with Gasteiger partial charge in [0.2, 0.25) is 3.57 Å². The molecule has 16 heavy (non-hydrogen) atoms. The summed E-state index contributed by atoms with van der Waals surface area (Å²) in [4.78, 5) is 0. The van der Waals surface area contributed by atoms with E-state index in [1.54, 1.807) is 6.07 Å². The van der Waals surface area contributed by atoms with Crippen LogP contribution in [0.4, 0.5) is 4.39 Å². The van der Waals surface area contributed by atoms with Crippen LogP contribution < -0.4 is 21.2 Å². The molecule has 2 aromatic rings. The number of rotatable bonds is 0. The Morgan fingerprint density at radius 1 is 1.00 bits per heavy atom. The molecule has 0 amide bonds. The van der Waals surface area contributed by atoms with Crippen LogP contribution in [0.3, 0.4) is 0 Å². The molecule has 3 heteroatoms. The molecule has 3 rings (SSSR count). The molecular formula is C13H8ClFI+. The van der Waals surface area contributed by atoms with Crippen LogP contribution in [-0.4, -0.2) is 0 Å². The molecule has 0 aliphatic carbocycles. The van der Waals surface area contributed by atoms with E-state index in [0.29, 0.717) is 0 Å². The van der Waals surface area contributed by atoms with Gasteiger partial charge in [0, 0.05) is 28.6 Å². The zero-order chi connectivity index (χ0) is 11.1. The van der Waals surface area contributed by atoms with Gasteiger partial charge in [-0.25, -0.2) is 4.39 Å². The van der Waals surface area contributed by atoms with Crippen molar-refractivity contribution in [3.63, 3.8) is 0 Å². The van der Waals surface area contributed by atoms with Crippen molar-refractivity contribution in [1.82, 2.24) is 0 Å². The van der Waals surface area contributed by atoms with E-state index in [-0.39, 0.29) is 27.0 Å². The van der Waals surface area contributed by atoms with E-state index in [1.165, 1.54) is 24.3 Å². The zero-order valence-corrected chi connectivity index (χ0v) is 11.2. The van der Waals surface area contributed by atoms with Crippen LogP contribution in [0.5, 0.6) is 0 Å². The van der Waals surface area contributed by atoms with Gasteiger partial charge in [-0.05, 0) is 24.3 Å². The van der Waals surface area contributed by atoms with Crippen LogP contribution in [0.25, 0.3) is 0 Å². The molecule has 0 unspecified atom stereocenters. The number of hydrogen-bond donors (Lipinski definition) is 0. The molecule has 0 saturated carbocycles. The Kier molecular flexibility index (Phi) is 2.64. The fourth-order valence-corrected chi connectivity index (χ4v) is 4.88. The van der Waals surface area contributed by atoms with Crippen molar-refractivity contribution in [2.75, 3.05) is 0 Å². The van der Waals surface area contributed by atoms with Crippen molar-refractivity contribution >= 4 is 11.6 Å². The lowest BCUT2D eigenvalue weighted by molar-refractivity contribution is -0.601. The monoisotopic (exact) mass is 345 g/mol. The third kappa shape index (κ3) is 1.84. The van der Waals surface area contributed by atoms with E-state index in [4.69, 9.17) is 11.6 Å². The molecule has 0 nitrogen and oxygen atoms in total. The minimum atomic E-state index is -0.253. The van der Waals surface area contributed by atoms with Gasteiger partial charge in [-0.2, -0.15) is 0 Å². The smallest absolute Gasteiger partial charge is 0.207 e. The maximum Gasteiger partial charge on any atom is 0.358 e. The minimum Gasteiger partial charge on any atom is -0.207 e. The number of fused-ring (bicyclic) bond motifs is 2. The molecule has 2 aromatic carbocycles. The normalized spacial score (nSPS) is 13.1. The van der Waals surface area contributed by atoms with E-state index in [0.717, 1.165) is 11.4 Å². The van der Waals surface area contributed by atoms with E-state index in [1.807, 2.05) is 18.2 Å². The maximum atomic E-state index is 13.1. The highest BCUT2D eigenvalue weighted by Crippen LogP contribution is 2.17. The van der Waals surface area contributed by atoms with Gasteiger partial charge in [0.1, 0.15) is 5.82 Å². The predicted octanol–water partition coefficient (Wildman–Crippen LogP) is 0.512. The first-order valence-electron chi connectivity index (χ1n) is 4.94. The lowest BCUT2D eigenvalue weighted by Gasteiger charge is -2.08. The first kappa shape index (κ1) is 10.5. The zero-order valence-electron chi connectivity index (χ0n) is 8.31. The summed E-state index contributed by atoms with van der Waals surface area (Å²) < 4.78 is 15.7. The average Bonchev–Trinajstić information content (AvgIpc) is 2.26. The molecular weight excluding hydrogens is 337 g/mol. The van der Waals surface area contributed by atoms with Gasteiger partial charge in [0.05, 0.1) is 0 Å². The lowest BCUT2D eigenvalue weighted by Crippen LogP contribution is -3.62. The summed E-state index contributed by atoms with van der Waals surface area (Å²) in [6.45, 7) is 0. The van der Waals surface area contributed by atoms with Crippen LogP contribution in [0.2, 0.25) is 5.02 Å². The topological polar surface area (TPSA) is 0 Å². The molecule has 0 spiro atoms. The summed E-state index contributed by atoms with van der Waals surface area (Å²) in [7, 11) is 0. The molecule has 1 heterocycles. The number of halogens is 3. The molecule has 0 atom stereocenters. The van der Waals surface area contributed by atoms with Crippen LogP contribution in [0.1, 0.15) is 11.1 Å². The lowest BCUT2D eigenvalue weighted by atomic mass is 10.1. The van der Waals surface area contributed by atoms with E-state index in [2.05, 4.69) is 6.07 Å². The number of benzene rings is 2. The Hall–Kier alpha value is -0.610. The van der Waals surface area contributed by atoms with E-state index < -0.39 is 0 Å². The summed E-state index contributed by atoms with van der Waals surface area (Å²) in [5.41, 5.74) is 2.56. The Morgan fingerprint density at radius 3 is 2.75 bits per heavy atom. The second-order valence-electron chi connectivity index (χ2n) is 3.74. The van der Waals surface area contributed by atoms with E-state index >= 15 is 0 Å². The molecule has 0 N–H and O–H groups in total. The highest BCUT2D eigenvalue weighted by molar-refractivity contribution is 6.30. The quantitative estimate of drug-likeness (QED) is 0.521. The van der Waals surface area contributed by atoms with Crippen molar-refractivity contribution in [2.45, 2.75) is 6.42 Å². The van der Waals surface area contributed by atoms with Crippen LogP contribution in [-0.2, 0) is 6.42 Å². The third-order valence-electron chi connectivity index (χ3n) is 2.61. The Balaban J connectivity index is 2.09. The van der Waals surface area contributed by atoms with Gasteiger partial charge in [0.15, 0.2) is 3.57 Å². The summed E-state index contributed by atoms with van der Waals surface area (Å²) in [5, 5.41) is 0.785. The second kappa shape index (κ2) is 4.00. The van der Waals surface area contributed by atoms with Crippen molar-refractivity contribution in [1.29, 1.82) is 0 Å². The van der Waals surface area contributed by atoms with Crippen molar-refractivity contribution in [2.24, 2.45) is 0 Å². The van der Waals surface area contributed by atoms with Gasteiger partial charge >= 0.3 is 21.2 Å². The molecule has 0 aromatic heterocycles. The Morgan fingerprint density at radius 2 is 1.88 bits per heavy atom. The van der Waals surface area contributed by atoms with Crippen LogP contribution in [0.15, 0.2) is 36.4 Å². The fourth-order valence-electron chi connectivity index (χ4n) is 1.84. The summed E-state index contributed by atoms with van der Waals surface area (Å²) in [6.07, 6.45) is 0.880. The molecule has 80 valence electrons. The fraction of sp³-hybridized carbons (Fsp3) is 0.0769. The molecule has 0 fully saturated rings. The van der Waals surface area contributed by atoms with Gasteiger partial charge in [-0.15, -0.1) is 0 Å². The standard InChI is InChI=1S/C13H8ClFI/c14-10-2-4-12-9(6-10)5-8-1-3-11(15)7-13(8)16-12/h1-4,6-7H,5H2/q+1. The molecule has 0 radical (unpaired) electrons. The molecule has 0 bridgehead atoms. The van der Waals surface area contributed by atoms with Gasteiger partial charge < -0.3 is 0 Å². The largest absolute Gasteiger partial charge is 0.358 e. The highest BCUT2D eigenvalue weighted by atomic mass is 127. The van der Waals surface area contributed by atoms with E-state index in [9.17, 15) is 4.39 Å². The van der Waals surface area contributed by atoms with Gasteiger partial charge in [-0.3, -0.25) is 0 Å². The summed E-state index contributed by atoms with van der Waals surface area (Å²) in [5.74, 6) is -0.129. The summed E-state index contributed by atoms with van der Waals surface area (Å²) >= 11 is 5.73. The first-order chi connectivity index (χ1) is 7.72. The average molecular weight is 346 g/mol. The van der Waals surface area contributed by atoms with Crippen molar-refractivity contribution in [3.05, 3.63) is 65.5 Å². The SMILES string of the molecule is Fc1ccc2c(c1)[I+]c1ccc(Cl)cc1C2. The van der Waals surface area contributed by atoms with Crippen LogP contribution >= 0.6 is 11.6 Å². The Labute approximate surface area is 109 Å². The Bertz CT molecular complexity index is 514. The van der Waals surface area contributed by atoms with Crippen molar-refractivity contribution in [3.8, 4) is 0 Å². The maximum absolute atomic E-state index is 13.1. The number of hydrogen-bond acceptors (Lipinski definition) is 0. The minimum absolute atomic E-state index is 0.129. The highest BCUT2D eigenvalue weighted by Gasteiger charge is 2.29. The molecule has 1 aliphatic heterocycles. The van der Waals surface area contributed by atoms with Gasteiger partial charge in [0.25, 0.3) is 0 Å². The second-order valence-corrected chi connectivity index (χ2v) is 7.04. The molecule has 0 saturated heterocycles.